The molecule has 4 aromatic rings. The van der Waals surface area contributed by atoms with E-state index < -0.39 is 0 Å². The van der Waals surface area contributed by atoms with Gasteiger partial charge in [-0.25, -0.2) is 0 Å². The van der Waals surface area contributed by atoms with Gasteiger partial charge in [-0.3, -0.25) is 14.6 Å². The van der Waals surface area contributed by atoms with Crippen LogP contribution in [0, 0.1) is 6.92 Å². The zero-order valence-corrected chi connectivity index (χ0v) is 17.2. The van der Waals surface area contributed by atoms with Crippen molar-refractivity contribution in [1.29, 1.82) is 0 Å². The largest absolute Gasteiger partial charge is 0.357 e. The highest BCUT2D eigenvalue weighted by Gasteiger charge is 2.26. The first-order valence-electron chi connectivity index (χ1n) is 10.4. The molecule has 8 heteroatoms. The fourth-order valence-electron chi connectivity index (χ4n) is 4.18. The third kappa shape index (κ3) is 3.54. The summed E-state index contributed by atoms with van der Waals surface area (Å²) in [6.07, 6.45) is 9.71. The molecule has 1 aliphatic rings. The first kappa shape index (κ1) is 18.7. The molecule has 5 heterocycles. The smallest absolute Gasteiger partial charge is 0.274 e. The Balaban J connectivity index is 1.36. The Labute approximate surface area is 174 Å². The van der Waals surface area contributed by atoms with Crippen LogP contribution in [0.25, 0.3) is 23.0 Å². The third-order valence-corrected chi connectivity index (χ3v) is 5.92. The third-order valence-electron chi connectivity index (χ3n) is 5.92. The van der Waals surface area contributed by atoms with Gasteiger partial charge in [0.1, 0.15) is 5.69 Å². The van der Waals surface area contributed by atoms with Gasteiger partial charge in [-0.05, 0) is 56.0 Å². The van der Waals surface area contributed by atoms with E-state index in [1.807, 2.05) is 54.6 Å². The number of rotatable bonds is 6. The first-order valence-corrected chi connectivity index (χ1v) is 10.4. The summed E-state index contributed by atoms with van der Waals surface area (Å²) in [5.74, 6) is 1.11. The highest BCUT2D eigenvalue weighted by Crippen LogP contribution is 2.32. The summed E-state index contributed by atoms with van der Waals surface area (Å²) in [6.45, 7) is 7.12. The van der Waals surface area contributed by atoms with E-state index in [-0.39, 0.29) is 0 Å². The zero-order chi connectivity index (χ0) is 20.5. The quantitative estimate of drug-likeness (QED) is 0.530. The first-order chi connectivity index (χ1) is 14.7. The summed E-state index contributed by atoms with van der Waals surface area (Å²) >= 11 is 0. The topological polar surface area (TPSA) is 88.7 Å². The van der Waals surface area contributed by atoms with Crippen molar-refractivity contribution in [3.05, 3.63) is 59.8 Å². The maximum atomic E-state index is 5.50. The molecule has 0 amide bonds. The van der Waals surface area contributed by atoms with Gasteiger partial charge in [-0.1, -0.05) is 5.16 Å². The number of fused-ring (bicyclic) bond motifs is 1. The lowest BCUT2D eigenvalue weighted by atomic mass is 9.93. The zero-order valence-electron chi connectivity index (χ0n) is 17.2. The van der Waals surface area contributed by atoms with E-state index in [0.29, 0.717) is 17.8 Å². The van der Waals surface area contributed by atoms with Crippen LogP contribution in [0.2, 0.25) is 0 Å². The molecule has 0 aliphatic carbocycles. The summed E-state index contributed by atoms with van der Waals surface area (Å²) in [4.78, 5) is 14.9. The van der Waals surface area contributed by atoms with Crippen molar-refractivity contribution in [2.24, 2.45) is 0 Å². The van der Waals surface area contributed by atoms with Crippen molar-refractivity contribution in [3.63, 3.8) is 0 Å². The van der Waals surface area contributed by atoms with Crippen LogP contribution in [-0.2, 0) is 19.5 Å². The van der Waals surface area contributed by atoms with Gasteiger partial charge in [0, 0.05) is 61.7 Å². The van der Waals surface area contributed by atoms with Gasteiger partial charge >= 0.3 is 0 Å². The van der Waals surface area contributed by atoms with Crippen molar-refractivity contribution in [3.8, 4) is 23.0 Å². The molecule has 0 bridgehead atoms. The van der Waals surface area contributed by atoms with Gasteiger partial charge in [0.25, 0.3) is 5.89 Å². The van der Waals surface area contributed by atoms with Gasteiger partial charge in [-0.15, -0.1) is 0 Å². The summed E-state index contributed by atoms with van der Waals surface area (Å²) in [6, 6.07) is 6.28. The second kappa shape index (κ2) is 7.87. The predicted octanol–water partition coefficient (Wildman–Crippen LogP) is 3.47. The van der Waals surface area contributed by atoms with Crippen LogP contribution in [0.5, 0.6) is 0 Å². The minimum Gasteiger partial charge on any atom is -0.357 e. The lowest BCUT2D eigenvalue weighted by molar-refractivity contribution is 0.176. The number of nitrogens with one attached hydrogen (secondary N) is 1. The predicted molar refractivity (Wildman–Crippen MR) is 112 cm³/mol. The molecule has 1 atom stereocenters. The number of hydrogen-bond donors (Lipinski definition) is 1. The Morgan fingerprint density at radius 3 is 3.03 bits per heavy atom. The van der Waals surface area contributed by atoms with Crippen LogP contribution in [-0.4, -0.2) is 47.4 Å². The van der Waals surface area contributed by atoms with Gasteiger partial charge in [-0.2, -0.15) is 10.1 Å². The van der Waals surface area contributed by atoms with E-state index >= 15 is 0 Å². The van der Waals surface area contributed by atoms with E-state index in [2.05, 4.69) is 37.0 Å². The van der Waals surface area contributed by atoms with E-state index in [4.69, 9.17) is 4.52 Å². The van der Waals surface area contributed by atoms with E-state index in [1.54, 1.807) is 0 Å². The molecule has 1 N–H and O–H groups in total. The summed E-state index contributed by atoms with van der Waals surface area (Å²) in [5, 5.41) is 8.56. The standard InChI is InChI=1S/C22H25N7O/c1-15(6-12-29-10-4-9-25-29)28-11-7-18-17(14-28)13-24-16(2)20(18)21-26-22(30-27-21)19-5-3-8-23-19/h3-5,8-10,13,15,23H,6-7,11-12,14H2,1-2H3. The number of aromatic amines is 1. The highest BCUT2D eigenvalue weighted by atomic mass is 16.5. The van der Waals surface area contributed by atoms with Crippen molar-refractivity contribution >= 4 is 0 Å². The Kier molecular flexibility index (Phi) is 4.92. The Morgan fingerprint density at radius 2 is 2.23 bits per heavy atom. The molecule has 1 unspecified atom stereocenters. The SMILES string of the molecule is Cc1ncc2c(c1-c1noc(-c3ccc[nH]3)n1)CCN(C(C)CCn1cccn1)C2. The average Bonchev–Trinajstić information content (AvgIpc) is 3.54. The van der Waals surface area contributed by atoms with Gasteiger partial charge in [0.2, 0.25) is 5.82 Å². The lowest BCUT2D eigenvalue weighted by Gasteiger charge is -2.34. The summed E-state index contributed by atoms with van der Waals surface area (Å²) in [5.41, 5.74) is 5.31. The molecule has 1 aliphatic heterocycles. The van der Waals surface area contributed by atoms with Crippen molar-refractivity contribution in [1.82, 2.24) is 34.8 Å². The second-order valence-corrected chi connectivity index (χ2v) is 7.86. The molecule has 30 heavy (non-hydrogen) atoms. The number of hydrogen-bond acceptors (Lipinski definition) is 6. The minimum absolute atomic E-state index is 0.469. The van der Waals surface area contributed by atoms with Crippen molar-refractivity contribution < 1.29 is 4.52 Å². The van der Waals surface area contributed by atoms with Crippen molar-refractivity contribution in [2.45, 2.75) is 45.8 Å². The molecular formula is C22H25N7O. The lowest BCUT2D eigenvalue weighted by Crippen LogP contribution is -2.38. The number of aryl methyl sites for hydroxylation is 2. The Morgan fingerprint density at radius 1 is 1.30 bits per heavy atom. The normalized spacial score (nSPS) is 15.3. The van der Waals surface area contributed by atoms with Gasteiger partial charge in [0.05, 0.1) is 0 Å². The second-order valence-electron chi connectivity index (χ2n) is 7.86. The molecule has 4 aromatic heterocycles. The Bertz CT molecular complexity index is 1110. The fraction of sp³-hybridized carbons (Fsp3) is 0.364. The molecule has 0 saturated carbocycles. The number of pyridine rings is 1. The fourth-order valence-corrected chi connectivity index (χ4v) is 4.18. The van der Waals surface area contributed by atoms with E-state index in [1.165, 1.54) is 11.1 Å². The molecule has 0 saturated heterocycles. The number of nitrogens with zero attached hydrogens (tertiary/aromatic N) is 6. The molecule has 0 radical (unpaired) electrons. The minimum atomic E-state index is 0.469. The molecule has 0 aromatic carbocycles. The van der Waals surface area contributed by atoms with Crippen LogP contribution >= 0.6 is 0 Å². The maximum Gasteiger partial charge on any atom is 0.274 e. The molecule has 154 valence electrons. The van der Waals surface area contributed by atoms with Crippen LogP contribution in [0.4, 0.5) is 0 Å². The number of aromatic nitrogens is 6. The van der Waals surface area contributed by atoms with Gasteiger partial charge in [0.15, 0.2) is 0 Å². The Hall–Kier alpha value is -3.26. The maximum absolute atomic E-state index is 5.50. The highest BCUT2D eigenvalue weighted by molar-refractivity contribution is 5.66. The molecule has 0 fully saturated rings. The van der Waals surface area contributed by atoms with Gasteiger partial charge < -0.3 is 9.51 Å². The molecule has 0 spiro atoms. The molecule has 5 rings (SSSR count). The van der Waals surface area contributed by atoms with Crippen LogP contribution in [0.3, 0.4) is 0 Å². The van der Waals surface area contributed by atoms with E-state index in [0.717, 1.165) is 49.4 Å². The average molecular weight is 403 g/mol. The van der Waals surface area contributed by atoms with Crippen LogP contribution in [0.15, 0.2) is 47.5 Å². The molecular weight excluding hydrogens is 378 g/mol. The van der Waals surface area contributed by atoms with Crippen molar-refractivity contribution in [2.75, 3.05) is 6.54 Å². The summed E-state index contributed by atoms with van der Waals surface area (Å²) in [7, 11) is 0. The van der Waals surface area contributed by atoms with Crippen LogP contribution in [0.1, 0.15) is 30.2 Å². The number of H-pyrrole nitrogens is 1. The van der Waals surface area contributed by atoms with E-state index in [9.17, 15) is 0 Å². The molecule has 8 nitrogen and oxygen atoms in total. The monoisotopic (exact) mass is 403 g/mol. The van der Waals surface area contributed by atoms with Crippen LogP contribution < -0.4 is 0 Å². The summed E-state index contributed by atoms with van der Waals surface area (Å²) < 4.78 is 7.49.